The molecule has 38 heavy (non-hydrogen) atoms. The van der Waals surface area contributed by atoms with Gasteiger partial charge in [-0.2, -0.15) is 0 Å². The van der Waals surface area contributed by atoms with Crippen molar-refractivity contribution in [2.45, 2.75) is 53.8 Å². The zero-order valence-corrected chi connectivity index (χ0v) is 23.0. The fraction of sp³-hybridized carbons (Fsp3) is 0.294. The van der Waals surface area contributed by atoms with Crippen molar-refractivity contribution in [1.82, 2.24) is 0 Å². The lowest BCUT2D eigenvalue weighted by Gasteiger charge is -2.30. The Morgan fingerprint density at radius 2 is 0.974 bits per heavy atom. The summed E-state index contributed by atoms with van der Waals surface area (Å²) in [6.07, 6.45) is -1.38. The molecule has 0 aliphatic carbocycles. The molecule has 0 saturated carbocycles. The smallest absolute Gasteiger partial charge is 0.312 e. The molecule has 4 aromatic rings. The van der Waals surface area contributed by atoms with Crippen molar-refractivity contribution in [3.05, 3.63) is 119 Å². The summed E-state index contributed by atoms with van der Waals surface area (Å²) in [6.45, 7) is 11.1. The average molecular weight is 509 g/mol. The summed E-state index contributed by atoms with van der Waals surface area (Å²) in [5, 5.41) is 2.05. The first-order chi connectivity index (χ1) is 18.0. The van der Waals surface area contributed by atoms with E-state index in [0.29, 0.717) is 0 Å². The van der Waals surface area contributed by atoms with Gasteiger partial charge in [0, 0.05) is 16.7 Å². The van der Waals surface area contributed by atoms with Crippen LogP contribution in [0, 0.1) is 10.8 Å². The molecule has 4 heteroatoms. The van der Waals surface area contributed by atoms with E-state index in [1.165, 1.54) is 0 Å². The molecule has 0 saturated heterocycles. The van der Waals surface area contributed by atoms with Crippen LogP contribution < -0.4 is 0 Å². The summed E-state index contributed by atoms with van der Waals surface area (Å²) in [5.41, 5.74) is 1.89. The van der Waals surface area contributed by atoms with Crippen molar-refractivity contribution in [3.8, 4) is 0 Å². The molecule has 2 unspecified atom stereocenters. The quantitative estimate of drug-likeness (QED) is 0.246. The van der Waals surface area contributed by atoms with Crippen molar-refractivity contribution < 1.29 is 19.1 Å². The van der Waals surface area contributed by atoms with Crippen LogP contribution in [-0.2, 0) is 19.1 Å². The van der Waals surface area contributed by atoms with Gasteiger partial charge >= 0.3 is 11.9 Å². The molecule has 0 heterocycles. The van der Waals surface area contributed by atoms with Crippen molar-refractivity contribution in [2.75, 3.05) is 0 Å². The number of esters is 2. The van der Waals surface area contributed by atoms with Gasteiger partial charge in [0.05, 0.1) is 10.8 Å². The maximum Gasteiger partial charge on any atom is 0.312 e. The summed E-state index contributed by atoms with van der Waals surface area (Å²) >= 11 is 0. The monoisotopic (exact) mass is 508 g/mol. The standard InChI is InChI=1S/C34H36O4/c1-33(2,3)31(35)37-29(24-16-8-7-9-17-24)27-20-12-13-21-28(27)30(38-32(36)34(4,5)6)26-22-14-18-23-15-10-11-19-25(23)26/h7-22,29-30H,1-6H3. The number of rotatable bonds is 6. The van der Waals surface area contributed by atoms with Crippen LogP contribution in [0.2, 0.25) is 0 Å². The van der Waals surface area contributed by atoms with Crippen LogP contribution in [-0.4, -0.2) is 11.9 Å². The molecule has 0 aliphatic heterocycles. The van der Waals surface area contributed by atoms with Gasteiger partial charge < -0.3 is 9.47 Å². The fourth-order valence-electron chi connectivity index (χ4n) is 4.27. The van der Waals surface area contributed by atoms with E-state index in [1.807, 2.05) is 139 Å². The van der Waals surface area contributed by atoms with Crippen LogP contribution in [0.25, 0.3) is 10.8 Å². The number of hydrogen-bond acceptors (Lipinski definition) is 4. The number of benzene rings is 4. The van der Waals surface area contributed by atoms with Crippen molar-refractivity contribution in [2.24, 2.45) is 10.8 Å². The second-order valence-electron chi connectivity index (χ2n) is 11.7. The molecule has 2 atom stereocenters. The fourth-order valence-corrected chi connectivity index (χ4v) is 4.27. The molecule has 0 spiro atoms. The van der Waals surface area contributed by atoms with Crippen LogP contribution in [0.1, 0.15) is 76.0 Å². The third kappa shape index (κ3) is 5.96. The van der Waals surface area contributed by atoms with E-state index in [9.17, 15) is 9.59 Å². The van der Waals surface area contributed by atoms with Gasteiger partial charge in [-0.3, -0.25) is 9.59 Å². The first kappa shape index (κ1) is 27.1. The minimum absolute atomic E-state index is 0.311. The lowest BCUT2D eigenvalue weighted by molar-refractivity contribution is -0.158. The summed E-state index contributed by atoms with van der Waals surface area (Å²) in [5.74, 6) is -0.622. The number of carbonyl (C=O) groups is 2. The van der Waals surface area contributed by atoms with Crippen LogP contribution in [0.4, 0.5) is 0 Å². The molecule has 4 nitrogen and oxygen atoms in total. The Bertz CT molecular complexity index is 1420. The predicted molar refractivity (Wildman–Crippen MR) is 152 cm³/mol. The number of ether oxygens (including phenoxy) is 2. The van der Waals surface area contributed by atoms with Gasteiger partial charge in [-0.25, -0.2) is 0 Å². The Kier molecular flexibility index (Phi) is 7.73. The number of fused-ring (bicyclic) bond motifs is 1. The maximum absolute atomic E-state index is 13.3. The first-order valence-corrected chi connectivity index (χ1v) is 13.0. The molecule has 0 radical (unpaired) electrons. The van der Waals surface area contributed by atoms with Crippen molar-refractivity contribution in [3.63, 3.8) is 0 Å². The van der Waals surface area contributed by atoms with Crippen LogP contribution in [0.5, 0.6) is 0 Å². The largest absolute Gasteiger partial charge is 0.452 e. The third-order valence-corrected chi connectivity index (χ3v) is 6.44. The zero-order valence-electron chi connectivity index (χ0n) is 23.0. The minimum atomic E-state index is -0.705. The van der Waals surface area contributed by atoms with E-state index in [4.69, 9.17) is 9.47 Å². The molecule has 0 N–H and O–H groups in total. The highest BCUT2D eigenvalue weighted by molar-refractivity contribution is 5.87. The van der Waals surface area contributed by atoms with E-state index < -0.39 is 23.0 Å². The summed E-state index contributed by atoms with van der Waals surface area (Å²) in [6, 6.07) is 31.5. The lowest BCUT2D eigenvalue weighted by atomic mass is 9.88. The highest BCUT2D eigenvalue weighted by Crippen LogP contribution is 2.40. The Morgan fingerprint density at radius 3 is 1.58 bits per heavy atom. The molecular weight excluding hydrogens is 472 g/mol. The van der Waals surface area contributed by atoms with Crippen LogP contribution >= 0.6 is 0 Å². The van der Waals surface area contributed by atoms with E-state index in [2.05, 4.69) is 0 Å². The van der Waals surface area contributed by atoms with Gasteiger partial charge in [-0.1, -0.05) is 97.1 Å². The van der Waals surface area contributed by atoms with E-state index >= 15 is 0 Å². The molecule has 196 valence electrons. The molecule has 0 amide bonds. The van der Waals surface area contributed by atoms with Gasteiger partial charge in [0.25, 0.3) is 0 Å². The molecule has 0 aromatic heterocycles. The summed E-state index contributed by atoms with van der Waals surface area (Å²) < 4.78 is 12.5. The van der Waals surface area contributed by atoms with Crippen molar-refractivity contribution in [1.29, 1.82) is 0 Å². The van der Waals surface area contributed by atoms with Gasteiger partial charge in [-0.05, 0) is 57.9 Å². The molecule has 0 bridgehead atoms. The highest BCUT2D eigenvalue weighted by atomic mass is 16.6. The van der Waals surface area contributed by atoms with E-state index in [0.717, 1.165) is 33.0 Å². The molecule has 4 aromatic carbocycles. The van der Waals surface area contributed by atoms with Gasteiger partial charge in [-0.15, -0.1) is 0 Å². The number of hydrogen-bond donors (Lipinski definition) is 0. The molecule has 0 aliphatic rings. The summed E-state index contributed by atoms with van der Waals surface area (Å²) in [4.78, 5) is 26.5. The SMILES string of the molecule is CC(C)(C)C(=O)OC(c1ccccc1)c1ccccc1C(OC(=O)C(C)(C)C)c1cccc2ccccc12. The Hall–Kier alpha value is -3.92. The highest BCUT2D eigenvalue weighted by Gasteiger charge is 2.34. The van der Waals surface area contributed by atoms with Crippen molar-refractivity contribution >= 4 is 22.7 Å². The Labute approximate surface area is 225 Å². The Balaban J connectivity index is 1.93. The second-order valence-corrected chi connectivity index (χ2v) is 11.7. The molecular formula is C34H36O4. The Morgan fingerprint density at radius 1 is 0.526 bits per heavy atom. The maximum atomic E-state index is 13.3. The van der Waals surface area contributed by atoms with Gasteiger partial charge in [0.2, 0.25) is 0 Å². The second kappa shape index (κ2) is 10.8. The predicted octanol–water partition coefficient (Wildman–Crippen LogP) is 8.20. The van der Waals surface area contributed by atoms with E-state index in [-0.39, 0.29) is 11.9 Å². The van der Waals surface area contributed by atoms with Crippen LogP contribution in [0.15, 0.2) is 97.1 Å². The van der Waals surface area contributed by atoms with E-state index in [1.54, 1.807) is 0 Å². The van der Waals surface area contributed by atoms with Gasteiger partial charge in [0.1, 0.15) is 0 Å². The average Bonchev–Trinajstić information content (AvgIpc) is 2.89. The zero-order chi connectivity index (χ0) is 27.5. The first-order valence-electron chi connectivity index (χ1n) is 13.0. The summed E-state index contributed by atoms with van der Waals surface area (Å²) in [7, 11) is 0. The normalized spacial score (nSPS) is 13.5. The molecule has 4 rings (SSSR count). The minimum Gasteiger partial charge on any atom is -0.452 e. The topological polar surface area (TPSA) is 52.6 Å². The van der Waals surface area contributed by atoms with Gasteiger partial charge in [0.15, 0.2) is 12.2 Å². The number of carbonyl (C=O) groups excluding carboxylic acids is 2. The third-order valence-electron chi connectivity index (χ3n) is 6.44. The lowest BCUT2D eigenvalue weighted by Crippen LogP contribution is -2.28. The van der Waals surface area contributed by atoms with Crippen LogP contribution in [0.3, 0.4) is 0 Å². The molecule has 0 fully saturated rings.